The van der Waals surface area contributed by atoms with E-state index in [1.54, 1.807) is 12.4 Å². The minimum Gasteiger partial charge on any atom is -0.339 e. The lowest BCUT2D eigenvalue weighted by Gasteiger charge is -2.23. The maximum absolute atomic E-state index is 12.8. The summed E-state index contributed by atoms with van der Waals surface area (Å²) in [6.45, 7) is 6.27. The Morgan fingerprint density at radius 3 is 1.68 bits per heavy atom. The fourth-order valence-electron chi connectivity index (χ4n) is 3.16. The first kappa shape index (κ1) is 21.7. The molecule has 0 saturated heterocycles. The van der Waals surface area contributed by atoms with Crippen LogP contribution in [0.15, 0.2) is 24.5 Å². The lowest BCUT2D eigenvalue weighted by atomic mass is 10.1. The van der Waals surface area contributed by atoms with Crippen molar-refractivity contribution in [2.24, 2.45) is 0 Å². The SMILES string of the molecule is CCCCCCCCN(CCCCCCCC)C(=O)c1ccncc1. The van der Waals surface area contributed by atoms with Gasteiger partial charge in [-0.25, -0.2) is 0 Å². The van der Waals surface area contributed by atoms with E-state index in [9.17, 15) is 4.79 Å². The van der Waals surface area contributed by atoms with E-state index in [1.807, 2.05) is 12.1 Å². The Labute approximate surface area is 155 Å². The summed E-state index contributed by atoms with van der Waals surface area (Å²) < 4.78 is 0. The Kier molecular flexibility index (Phi) is 12.9. The molecule has 3 nitrogen and oxygen atoms in total. The highest BCUT2D eigenvalue weighted by molar-refractivity contribution is 5.94. The molecule has 0 aliphatic rings. The zero-order valence-corrected chi connectivity index (χ0v) is 16.5. The molecule has 25 heavy (non-hydrogen) atoms. The van der Waals surface area contributed by atoms with Gasteiger partial charge >= 0.3 is 0 Å². The molecule has 1 rings (SSSR count). The molecule has 0 N–H and O–H groups in total. The molecule has 0 saturated carbocycles. The van der Waals surface area contributed by atoms with E-state index < -0.39 is 0 Å². The topological polar surface area (TPSA) is 33.2 Å². The zero-order chi connectivity index (χ0) is 18.2. The number of pyridine rings is 1. The number of rotatable bonds is 15. The molecule has 1 aromatic heterocycles. The first-order valence-electron chi connectivity index (χ1n) is 10.5. The number of hydrogen-bond acceptors (Lipinski definition) is 2. The molecule has 0 spiro atoms. The Hall–Kier alpha value is -1.38. The molecule has 0 atom stereocenters. The van der Waals surface area contributed by atoms with Crippen molar-refractivity contribution in [2.75, 3.05) is 13.1 Å². The van der Waals surface area contributed by atoms with Crippen LogP contribution < -0.4 is 0 Å². The van der Waals surface area contributed by atoms with Crippen LogP contribution in [0, 0.1) is 0 Å². The van der Waals surface area contributed by atoms with Crippen molar-refractivity contribution in [3.8, 4) is 0 Å². The first-order valence-corrected chi connectivity index (χ1v) is 10.5. The Morgan fingerprint density at radius 1 is 0.760 bits per heavy atom. The molecule has 0 radical (unpaired) electrons. The van der Waals surface area contributed by atoms with Gasteiger partial charge in [0.2, 0.25) is 0 Å². The number of nitrogens with zero attached hydrogens (tertiary/aromatic N) is 2. The van der Waals surface area contributed by atoms with Crippen LogP contribution in [-0.4, -0.2) is 28.9 Å². The van der Waals surface area contributed by atoms with E-state index in [4.69, 9.17) is 0 Å². The molecule has 0 bridgehead atoms. The van der Waals surface area contributed by atoms with E-state index in [-0.39, 0.29) is 5.91 Å². The number of carbonyl (C=O) groups excluding carboxylic acids is 1. The predicted molar refractivity (Wildman–Crippen MR) is 107 cm³/mol. The highest BCUT2D eigenvalue weighted by Gasteiger charge is 2.14. The lowest BCUT2D eigenvalue weighted by molar-refractivity contribution is 0.0749. The van der Waals surface area contributed by atoms with Gasteiger partial charge in [0, 0.05) is 31.0 Å². The standard InChI is InChI=1S/C22H38N2O/c1-3-5-7-9-11-13-19-24(20-14-12-10-8-6-4-2)22(25)21-15-17-23-18-16-21/h15-18H,3-14,19-20H2,1-2H3. The fourth-order valence-corrected chi connectivity index (χ4v) is 3.16. The van der Waals surface area contributed by atoms with Gasteiger partial charge in [-0.05, 0) is 25.0 Å². The van der Waals surface area contributed by atoms with E-state index >= 15 is 0 Å². The van der Waals surface area contributed by atoms with Gasteiger partial charge in [0.15, 0.2) is 0 Å². The molecule has 0 aliphatic heterocycles. The Bertz CT molecular complexity index is 417. The van der Waals surface area contributed by atoms with Crippen LogP contribution in [0.25, 0.3) is 0 Å². The molecular formula is C22H38N2O. The van der Waals surface area contributed by atoms with Gasteiger partial charge in [-0.2, -0.15) is 0 Å². The van der Waals surface area contributed by atoms with Gasteiger partial charge < -0.3 is 4.90 Å². The Balaban J connectivity index is 2.39. The average molecular weight is 347 g/mol. The van der Waals surface area contributed by atoms with Crippen molar-refractivity contribution in [3.05, 3.63) is 30.1 Å². The number of hydrogen-bond donors (Lipinski definition) is 0. The van der Waals surface area contributed by atoms with Crippen molar-refractivity contribution in [3.63, 3.8) is 0 Å². The lowest BCUT2D eigenvalue weighted by Crippen LogP contribution is -2.33. The minimum absolute atomic E-state index is 0.171. The summed E-state index contributed by atoms with van der Waals surface area (Å²) in [6, 6.07) is 3.66. The number of carbonyl (C=O) groups is 1. The van der Waals surface area contributed by atoms with Crippen LogP contribution >= 0.6 is 0 Å². The average Bonchev–Trinajstić information content (AvgIpc) is 2.65. The largest absolute Gasteiger partial charge is 0.339 e. The molecule has 0 fully saturated rings. The van der Waals surface area contributed by atoms with Crippen molar-refractivity contribution in [1.82, 2.24) is 9.88 Å². The third-order valence-corrected chi connectivity index (χ3v) is 4.78. The predicted octanol–water partition coefficient (Wildman–Crippen LogP) is 6.24. The van der Waals surface area contributed by atoms with Crippen LogP contribution in [0.4, 0.5) is 0 Å². The van der Waals surface area contributed by atoms with Crippen LogP contribution in [-0.2, 0) is 0 Å². The first-order chi connectivity index (χ1) is 12.3. The molecule has 0 aliphatic carbocycles. The van der Waals surface area contributed by atoms with Crippen LogP contribution in [0.3, 0.4) is 0 Å². The molecule has 142 valence electrons. The summed E-state index contributed by atoms with van der Waals surface area (Å²) in [7, 11) is 0. The van der Waals surface area contributed by atoms with Gasteiger partial charge in [0.05, 0.1) is 0 Å². The molecule has 0 unspecified atom stereocenters. The molecule has 0 aromatic carbocycles. The molecule has 3 heteroatoms. The van der Waals surface area contributed by atoms with Gasteiger partial charge in [-0.15, -0.1) is 0 Å². The van der Waals surface area contributed by atoms with Crippen molar-refractivity contribution >= 4 is 5.91 Å². The van der Waals surface area contributed by atoms with E-state index in [1.165, 1.54) is 64.2 Å². The highest BCUT2D eigenvalue weighted by atomic mass is 16.2. The van der Waals surface area contributed by atoms with Crippen LogP contribution in [0.2, 0.25) is 0 Å². The second-order valence-corrected chi connectivity index (χ2v) is 7.06. The van der Waals surface area contributed by atoms with Crippen LogP contribution in [0.1, 0.15) is 101 Å². The second-order valence-electron chi connectivity index (χ2n) is 7.06. The third-order valence-electron chi connectivity index (χ3n) is 4.78. The van der Waals surface area contributed by atoms with Crippen molar-refractivity contribution in [1.29, 1.82) is 0 Å². The fraction of sp³-hybridized carbons (Fsp3) is 0.727. The minimum atomic E-state index is 0.171. The van der Waals surface area contributed by atoms with Gasteiger partial charge in [0.25, 0.3) is 5.91 Å². The number of unbranched alkanes of at least 4 members (excludes halogenated alkanes) is 10. The zero-order valence-electron chi connectivity index (χ0n) is 16.5. The molecular weight excluding hydrogens is 308 g/mol. The summed E-state index contributed by atoms with van der Waals surface area (Å²) in [5.41, 5.74) is 0.770. The van der Waals surface area contributed by atoms with Gasteiger partial charge in [0.1, 0.15) is 0 Å². The van der Waals surface area contributed by atoms with Crippen molar-refractivity contribution in [2.45, 2.75) is 90.9 Å². The molecule has 1 amide bonds. The summed E-state index contributed by atoms with van der Waals surface area (Å²) >= 11 is 0. The smallest absolute Gasteiger partial charge is 0.253 e. The maximum Gasteiger partial charge on any atom is 0.253 e. The quantitative estimate of drug-likeness (QED) is 0.352. The van der Waals surface area contributed by atoms with Gasteiger partial charge in [-0.1, -0.05) is 78.1 Å². The van der Waals surface area contributed by atoms with E-state index in [0.29, 0.717) is 0 Å². The maximum atomic E-state index is 12.8. The second kappa shape index (κ2) is 14.9. The summed E-state index contributed by atoms with van der Waals surface area (Å²) in [5, 5.41) is 0. The van der Waals surface area contributed by atoms with Crippen molar-refractivity contribution < 1.29 is 4.79 Å². The van der Waals surface area contributed by atoms with Crippen LogP contribution in [0.5, 0.6) is 0 Å². The summed E-state index contributed by atoms with van der Waals surface area (Å²) in [6.07, 6.45) is 18.6. The monoisotopic (exact) mass is 346 g/mol. The molecule has 1 aromatic rings. The normalized spacial score (nSPS) is 10.8. The highest BCUT2D eigenvalue weighted by Crippen LogP contribution is 2.11. The van der Waals surface area contributed by atoms with E-state index in [2.05, 4.69) is 23.7 Å². The summed E-state index contributed by atoms with van der Waals surface area (Å²) in [4.78, 5) is 18.9. The number of amides is 1. The molecule has 1 heterocycles. The number of aromatic nitrogens is 1. The third kappa shape index (κ3) is 10.3. The summed E-state index contributed by atoms with van der Waals surface area (Å²) in [5.74, 6) is 0.171. The Morgan fingerprint density at radius 2 is 1.20 bits per heavy atom. The van der Waals surface area contributed by atoms with Gasteiger partial charge in [-0.3, -0.25) is 9.78 Å². The van der Waals surface area contributed by atoms with E-state index in [0.717, 1.165) is 31.5 Å².